The molecule has 1 unspecified atom stereocenters. The monoisotopic (exact) mass is 538 g/mol. The van der Waals surface area contributed by atoms with Crippen molar-refractivity contribution in [3.63, 3.8) is 0 Å². The van der Waals surface area contributed by atoms with Crippen LogP contribution < -0.4 is 4.74 Å². The molecule has 1 saturated heterocycles. The number of allylic oxidation sites excluding steroid dienone is 10. The number of hydrogen-bond acceptors (Lipinski definition) is 7. The van der Waals surface area contributed by atoms with Gasteiger partial charge in [-0.1, -0.05) is 55.4 Å². The Morgan fingerprint density at radius 3 is 2.41 bits per heavy atom. The minimum atomic E-state index is -1.53. The van der Waals surface area contributed by atoms with Gasteiger partial charge in [-0.3, -0.25) is 4.79 Å². The summed E-state index contributed by atoms with van der Waals surface area (Å²) in [7, 11) is 0. The van der Waals surface area contributed by atoms with Crippen molar-refractivity contribution in [2.24, 2.45) is 5.41 Å². The number of carbonyl (C=O) groups is 1. The Morgan fingerprint density at radius 1 is 1.08 bits per heavy atom. The number of ketones is 1. The van der Waals surface area contributed by atoms with Gasteiger partial charge < -0.3 is 29.9 Å². The van der Waals surface area contributed by atoms with Crippen molar-refractivity contribution in [1.82, 2.24) is 0 Å². The molecular weight excluding hydrogens is 496 g/mol. The van der Waals surface area contributed by atoms with Gasteiger partial charge in [0, 0.05) is 5.56 Å². The van der Waals surface area contributed by atoms with E-state index < -0.39 is 37.3 Å². The predicted molar refractivity (Wildman–Crippen MR) is 151 cm³/mol. The maximum Gasteiger partial charge on any atom is 0.195 e. The van der Waals surface area contributed by atoms with E-state index >= 15 is 0 Å². The van der Waals surface area contributed by atoms with E-state index in [1.165, 1.54) is 24.0 Å². The van der Waals surface area contributed by atoms with Crippen molar-refractivity contribution in [2.45, 2.75) is 84.6 Å². The Bertz CT molecular complexity index is 1150. The molecule has 39 heavy (non-hydrogen) atoms. The third kappa shape index (κ3) is 8.10. The van der Waals surface area contributed by atoms with Gasteiger partial charge in [0.25, 0.3) is 0 Å². The average Bonchev–Trinajstić information content (AvgIpc) is 2.88. The zero-order valence-corrected chi connectivity index (χ0v) is 23.5. The molecule has 1 heterocycles. The molecule has 0 amide bonds. The molecule has 0 saturated carbocycles. The zero-order chi connectivity index (χ0) is 28.7. The van der Waals surface area contributed by atoms with E-state index in [2.05, 4.69) is 39.8 Å². The average molecular weight is 539 g/mol. The summed E-state index contributed by atoms with van der Waals surface area (Å²) in [5.74, 6) is 0.109. The van der Waals surface area contributed by atoms with Gasteiger partial charge in [-0.25, -0.2) is 0 Å². The van der Waals surface area contributed by atoms with E-state index in [-0.39, 0.29) is 16.9 Å². The number of benzene rings is 1. The highest BCUT2D eigenvalue weighted by Gasteiger charge is 2.45. The van der Waals surface area contributed by atoms with Crippen LogP contribution in [0, 0.1) is 5.41 Å². The number of aliphatic hydroxyl groups excluding tert-OH is 4. The van der Waals surface area contributed by atoms with Crippen molar-refractivity contribution in [3.8, 4) is 5.75 Å². The molecular formula is C32H42O7. The molecule has 5 atom stereocenters. The number of ether oxygens (including phenoxy) is 2. The van der Waals surface area contributed by atoms with E-state index in [4.69, 9.17) is 9.47 Å². The SMILES string of the molecule is CC1=C(/C=C/C(C)=C/C=C/C(C)=C/C(=O)c2ccc(O[C@H]3C(O)O[C@H](CO)[C@@H](O)[C@@H]3O)cc2)C(C)(C)CCC1. The van der Waals surface area contributed by atoms with E-state index in [0.29, 0.717) is 5.56 Å². The molecule has 1 aromatic rings. The molecule has 0 bridgehead atoms. The molecule has 3 rings (SSSR count). The lowest BCUT2D eigenvalue weighted by Gasteiger charge is -2.39. The fourth-order valence-electron chi connectivity index (χ4n) is 5.02. The van der Waals surface area contributed by atoms with Crippen LogP contribution in [0.5, 0.6) is 5.75 Å². The van der Waals surface area contributed by atoms with Crippen molar-refractivity contribution in [3.05, 3.63) is 88.6 Å². The lowest BCUT2D eigenvalue weighted by atomic mass is 9.72. The fraction of sp³-hybridized carbons (Fsp3) is 0.469. The summed E-state index contributed by atoms with van der Waals surface area (Å²) in [5.41, 5.74) is 5.48. The first-order valence-corrected chi connectivity index (χ1v) is 13.5. The summed E-state index contributed by atoms with van der Waals surface area (Å²) in [6.45, 7) is 10.2. The highest BCUT2D eigenvalue weighted by atomic mass is 16.7. The van der Waals surface area contributed by atoms with Crippen LogP contribution in [-0.4, -0.2) is 63.5 Å². The van der Waals surface area contributed by atoms with Crippen molar-refractivity contribution in [2.75, 3.05) is 6.61 Å². The maximum absolute atomic E-state index is 12.7. The van der Waals surface area contributed by atoms with Gasteiger partial charge in [-0.2, -0.15) is 0 Å². The smallest absolute Gasteiger partial charge is 0.195 e. The van der Waals surface area contributed by atoms with Gasteiger partial charge in [0.05, 0.1) is 6.61 Å². The standard InChI is InChI=1S/C32H42O7/c1-20(11-16-25-22(3)10-7-17-32(25,4)5)8-6-9-21(2)18-26(34)23-12-14-24(15-13-23)38-30-29(36)28(35)27(19-33)39-31(30)37/h6,8-9,11-16,18,27-31,33,35-37H,7,10,17,19H2,1-5H3/b9-6+,16-11+,20-8+,21-18+/t27-,28-,29+,30-,31?/m1/s1. The van der Waals surface area contributed by atoms with E-state index in [0.717, 1.165) is 17.6 Å². The second kappa shape index (κ2) is 13.5. The first kappa shape index (κ1) is 30.7. The first-order valence-electron chi connectivity index (χ1n) is 13.5. The maximum atomic E-state index is 12.7. The summed E-state index contributed by atoms with van der Waals surface area (Å²) < 4.78 is 10.7. The Balaban J connectivity index is 1.58. The van der Waals surface area contributed by atoms with Crippen LogP contribution in [0.3, 0.4) is 0 Å². The Labute approximate surface area is 231 Å². The second-order valence-corrected chi connectivity index (χ2v) is 11.1. The summed E-state index contributed by atoms with van der Waals surface area (Å²) in [5, 5.41) is 39.5. The molecule has 1 fully saturated rings. The van der Waals surface area contributed by atoms with Crippen LogP contribution in [0.15, 0.2) is 83.0 Å². The highest BCUT2D eigenvalue weighted by molar-refractivity contribution is 6.05. The predicted octanol–water partition coefficient (Wildman–Crippen LogP) is 4.58. The molecule has 7 nitrogen and oxygen atoms in total. The lowest BCUT2D eigenvalue weighted by molar-refractivity contribution is -0.280. The van der Waals surface area contributed by atoms with Gasteiger partial charge >= 0.3 is 0 Å². The number of rotatable bonds is 9. The summed E-state index contributed by atoms with van der Waals surface area (Å²) in [6, 6.07) is 6.25. The van der Waals surface area contributed by atoms with Crippen molar-refractivity contribution in [1.29, 1.82) is 0 Å². The number of carbonyl (C=O) groups excluding carboxylic acids is 1. The molecule has 0 radical (unpaired) electrons. The van der Waals surface area contributed by atoms with Crippen molar-refractivity contribution < 1.29 is 34.7 Å². The lowest BCUT2D eigenvalue weighted by Crippen LogP contribution is -2.60. The molecule has 2 aliphatic rings. The van der Waals surface area contributed by atoms with Gasteiger partial charge in [0.1, 0.15) is 24.1 Å². The summed E-state index contributed by atoms with van der Waals surface area (Å²) in [6.07, 6.45) is 8.64. The summed E-state index contributed by atoms with van der Waals surface area (Å²) >= 11 is 0. The highest BCUT2D eigenvalue weighted by Crippen LogP contribution is 2.40. The molecule has 1 aromatic carbocycles. The largest absolute Gasteiger partial charge is 0.482 e. The third-order valence-electron chi connectivity index (χ3n) is 7.39. The van der Waals surface area contributed by atoms with Gasteiger partial charge in [0.2, 0.25) is 0 Å². The van der Waals surface area contributed by atoms with Gasteiger partial charge in [-0.15, -0.1) is 0 Å². The Hall–Kier alpha value is -2.81. The molecule has 1 aliphatic heterocycles. The normalized spacial score (nSPS) is 28.4. The Morgan fingerprint density at radius 2 is 1.77 bits per heavy atom. The molecule has 4 N–H and O–H groups in total. The van der Waals surface area contributed by atoms with E-state index in [1.54, 1.807) is 30.3 Å². The topological polar surface area (TPSA) is 116 Å². The van der Waals surface area contributed by atoms with Gasteiger partial charge in [0.15, 0.2) is 18.2 Å². The number of aliphatic hydroxyl groups is 4. The van der Waals surface area contributed by atoms with Crippen molar-refractivity contribution >= 4 is 5.78 Å². The second-order valence-electron chi connectivity index (χ2n) is 11.1. The minimum absolute atomic E-state index is 0.173. The van der Waals surface area contributed by atoms with Crippen LogP contribution in [0.2, 0.25) is 0 Å². The molecule has 7 heteroatoms. The van der Waals surface area contributed by atoms with Crippen LogP contribution in [0.25, 0.3) is 0 Å². The molecule has 0 spiro atoms. The van der Waals surface area contributed by atoms with Crippen LogP contribution in [0.4, 0.5) is 0 Å². The Kier molecular flexibility index (Phi) is 10.6. The molecule has 1 aliphatic carbocycles. The minimum Gasteiger partial charge on any atom is -0.482 e. The van der Waals surface area contributed by atoms with E-state index in [9.17, 15) is 25.2 Å². The third-order valence-corrected chi connectivity index (χ3v) is 7.39. The molecule has 0 aromatic heterocycles. The van der Waals surface area contributed by atoms with E-state index in [1.807, 2.05) is 25.2 Å². The zero-order valence-electron chi connectivity index (χ0n) is 23.5. The van der Waals surface area contributed by atoms with Crippen LogP contribution in [-0.2, 0) is 4.74 Å². The fourth-order valence-corrected chi connectivity index (χ4v) is 5.02. The summed E-state index contributed by atoms with van der Waals surface area (Å²) in [4.78, 5) is 12.7. The van der Waals surface area contributed by atoms with Crippen LogP contribution >= 0.6 is 0 Å². The van der Waals surface area contributed by atoms with Crippen LogP contribution in [0.1, 0.15) is 64.2 Å². The quantitative estimate of drug-likeness (QED) is 0.207. The molecule has 212 valence electrons. The van der Waals surface area contributed by atoms with Gasteiger partial charge in [-0.05, 0) is 86.9 Å². The number of hydrogen-bond donors (Lipinski definition) is 4. The first-order chi connectivity index (χ1) is 18.4.